The van der Waals surface area contributed by atoms with Gasteiger partial charge < -0.3 is 11.1 Å². The minimum absolute atomic E-state index is 0.143. The molecule has 0 aliphatic carbocycles. The van der Waals surface area contributed by atoms with Crippen molar-refractivity contribution in [2.45, 2.75) is 13.5 Å². The Morgan fingerprint density at radius 1 is 1.24 bits per heavy atom. The fourth-order valence-electron chi connectivity index (χ4n) is 2.72. The Labute approximate surface area is 168 Å². The first-order valence-corrected chi connectivity index (χ1v) is 9.22. The zero-order valence-corrected chi connectivity index (χ0v) is 16.1. The van der Waals surface area contributed by atoms with Gasteiger partial charge in [0.1, 0.15) is 11.5 Å². The Hall–Kier alpha value is -3.79. The van der Waals surface area contributed by atoms with Gasteiger partial charge in [-0.25, -0.2) is 0 Å². The molecular formula is C19H16N4O5S. The molecule has 3 aromatic rings. The summed E-state index contributed by atoms with van der Waals surface area (Å²) in [5.41, 5.74) is 5.75. The van der Waals surface area contributed by atoms with Gasteiger partial charge in [0.2, 0.25) is 5.91 Å². The summed E-state index contributed by atoms with van der Waals surface area (Å²) >= 11 is 1.17. The highest BCUT2D eigenvalue weighted by atomic mass is 32.1. The van der Waals surface area contributed by atoms with Gasteiger partial charge in [0.25, 0.3) is 17.2 Å². The quantitative estimate of drug-likeness (QED) is 0.473. The SMILES string of the molecule is Cc1cc([N+](=O)[O-])cn(CC(=O)Nc2sc(-c3ccccc3)cc2C(N)=O)c1=O. The van der Waals surface area contributed by atoms with Crippen LogP contribution in [0.15, 0.2) is 53.5 Å². The zero-order chi connectivity index (χ0) is 21.1. The first kappa shape index (κ1) is 20.0. The van der Waals surface area contributed by atoms with Gasteiger partial charge in [-0.1, -0.05) is 30.3 Å². The van der Waals surface area contributed by atoms with E-state index in [-0.39, 0.29) is 21.8 Å². The number of nitrogens with one attached hydrogen (secondary N) is 1. The van der Waals surface area contributed by atoms with Crippen molar-refractivity contribution in [3.05, 3.63) is 80.3 Å². The maximum Gasteiger partial charge on any atom is 0.286 e. The number of nitro groups is 1. The molecular weight excluding hydrogens is 396 g/mol. The minimum Gasteiger partial charge on any atom is -0.366 e. The molecule has 148 valence electrons. The third-order valence-corrected chi connectivity index (χ3v) is 5.18. The smallest absolute Gasteiger partial charge is 0.286 e. The molecule has 0 fully saturated rings. The molecule has 3 rings (SSSR count). The molecule has 0 aliphatic heterocycles. The van der Waals surface area contributed by atoms with E-state index in [4.69, 9.17) is 5.73 Å². The second-order valence-electron chi connectivity index (χ2n) is 6.20. The van der Waals surface area contributed by atoms with E-state index in [1.165, 1.54) is 18.3 Å². The van der Waals surface area contributed by atoms with Crippen molar-refractivity contribution >= 4 is 33.8 Å². The highest BCUT2D eigenvalue weighted by molar-refractivity contribution is 7.20. The molecule has 0 aliphatic rings. The highest BCUT2D eigenvalue weighted by Gasteiger charge is 2.18. The van der Waals surface area contributed by atoms with Gasteiger partial charge in [-0.3, -0.25) is 29.1 Å². The van der Waals surface area contributed by atoms with E-state index in [0.717, 1.165) is 27.3 Å². The van der Waals surface area contributed by atoms with E-state index >= 15 is 0 Å². The Kier molecular flexibility index (Phi) is 5.55. The molecule has 10 heteroatoms. The summed E-state index contributed by atoms with van der Waals surface area (Å²) in [6.45, 7) is 0.985. The van der Waals surface area contributed by atoms with Gasteiger partial charge in [-0.2, -0.15) is 0 Å². The summed E-state index contributed by atoms with van der Waals surface area (Å²) in [6.07, 6.45) is 1.01. The van der Waals surface area contributed by atoms with Gasteiger partial charge >= 0.3 is 0 Å². The van der Waals surface area contributed by atoms with Crippen molar-refractivity contribution in [3.8, 4) is 10.4 Å². The summed E-state index contributed by atoms with van der Waals surface area (Å²) in [4.78, 5) is 47.5. The number of carbonyl (C=O) groups is 2. The number of amides is 2. The maximum absolute atomic E-state index is 12.5. The van der Waals surface area contributed by atoms with E-state index in [2.05, 4.69) is 5.32 Å². The second kappa shape index (κ2) is 8.07. The molecule has 0 radical (unpaired) electrons. The lowest BCUT2D eigenvalue weighted by Crippen LogP contribution is -2.29. The first-order valence-electron chi connectivity index (χ1n) is 8.40. The number of carbonyl (C=O) groups excluding carboxylic acids is 2. The van der Waals surface area contributed by atoms with Crippen molar-refractivity contribution in [2.75, 3.05) is 5.32 Å². The van der Waals surface area contributed by atoms with E-state index in [1.54, 1.807) is 6.07 Å². The molecule has 0 saturated heterocycles. The molecule has 29 heavy (non-hydrogen) atoms. The summed E-state index contributed by atoms with van der Waals surface area (Å²) in [5, 5.41) is 13.8. The number of nitrogens with two attached hydrogens (primary N) is 1. The lowest BCUT2D eigenvalue weighted by molar-refractivity contribution is -0.385. The molecule has 0 saturated carbocycles. The fraction of sp³-hybridized carbons (Fsp3) is 0.105. The van der Waals surface area contributed by atoms with Crippen molar-refractivity contribution in [1.29, 1.82) is 0 Å². The van der Waals surface area contributed by atoms with Crippen LogP contribution < -0.4 is 16.6 Å². The van der Waals surface area contributed by atoms with Crippen LogP contribution in [0.4, 0.5) is 10.7 Å². The van der Waals surface area contributed by atoms with Gasteiger partial charge in [0, 0.05) is 16.5 Å². The third kappa shape index (κ3) is 4.38. The monoisotopic (exact) mass is 412 g/mol. The molecule has 2 aromatic heterocycles. The lowest BCUT2D eigenvalue weighted by Gasteiger charge is -2.08. The van der Waals surface area contributed by atoms with Crippen molar-refractivity contribution < 1.29 is 14.5 Å². The van der Waals surface area contributed by atoms with Crippen LogP contribution in [0.3, 0.4) is 0 Å². The average molecular weight is 412 g/mol. The van der Waals surface area contributed by atoms with Crippen LogP contribution >= 0.6 is 11.3 Å². The number of rotatable bonds is 6. The molecule has 0 unspecified atom stereocenters. The number of thiophene rings is 1. The standard InChI is InChI=1S/C19H16N4O5S/c1-11-7-13(23(27)28)9-22(19(11)26)10-16(24)21-18-14(17(20)25)8-15(29-18)12-5-3-2-4-6-12/h2-9H,10H2,1H3,(H2,20,25)(H,21,24). The average Bonchev–Trinajstić information content (AvgIpc) is 3.09. The molecule has 9 nitrogen and oxygen atoms in total. The van der Waals surface area contributed by atoms with Crippen LogP contribution in [-0.4, -0.2) is 21.3 Å². The summed E-state index contributed by atoms with van der Waals surface area (Å²) in [7, 11) is 0. The normalized spacial score (nSPS) is 10.5. The molecule has 1 aromatic carbocycles. The van der Waals surface area contributed by atoms with E-state index in [9.17, 15) is 24.5 Å². The summed E-state index contributed by atoms with van der Waals surface area (Å²) < 4.78 is 0.957. The predicted molar refractivity (Wildman–Crippen MR) is 109 cm³/mol. The first-order chi connectivity index (χ1) is 13.8. The zero-order valence-electron chi connectivity index (χ0n) is 15.2. The highest BCUT2D eigenvalue weighted by Crippen LogP contribution is 2.35. The van der Waals surface area contributed by atoms with Gasteiger partial charge in [-0.15, -0.1) is 11.3 Å². The lowest BCUT2D eigenvalue weighted by atomic mass is 10.1. The minimum atomic E-state index is -0.706. The van der Waals surface area contributed by atoms with Crippen LogP contribution in [0, 0.1) is 17.0 Å². The number of aryl methyl sites for hydroxylation is 1. The number of hydrogen-bond donors (Lipinski definition) is 2. The second-order valence-corrected chi connectivity index (χ2v) is 7.26. The molecule has 0 atom stereocenters. The van der Waals surface area contributed by atoms with Crippen molar-refractivity contribution in [3.63, 3.8) is 0 Å². The van der Waals surface area contributed by atoms with E-state index < -0.39 is 28.8 Å². The third-order valence-electron chi connectivity index (χ3n) is 4.08. The van der Waals surface area contributed by atoms with Crippen LogP contribution in [-0.2, 0) is 11.3 Å². The van der Waals surface area contributed by atoms with Crippen molar-refractivity contribution in [2.24, 2.45) is 5.73 Å². The number of pyridine rings is 1. The number of benzene rings is 1. The Bertz CT molecular complexity index is 1170. The summed E-state index contributed by atoms with van der Waals surface area (Å²) in [5.74, 6) is -1.32. The molecule has 2 heterocycles. The van der Waals surface area contributed by atoms with Gasteiger partial charge in [-0.05, 0) is 18.6 Å². The fourth-order valence-corrected chi connectivity index (χ4v) is 3.80. The van der Waals surface area contributed by atoms with Crippen molar-refractivity contribution in [1.82, 2.24) is 4.57 Å². The molecule has 2 amide bonds. The Morgan fingerprint density at radius 3 is 2.55 bits per heavy atom. The van der Waals surface area contributed by atoms with Gasteiger partial charge in [0.15, 0.2) is 0 Å². The van der Waals surface area contributed by atoms with Gasteiger partial charge in [0.05, 0.1) is 16.7 Å². The Morgan fingerprint density at radius 2 is 1.93 bits per heavy atom. The number of primary amides is 1. The van der Waals surface area contributed by atoms with Crippen LogP contribution in [0.25, 0.3) is 10.4 Å². The number of anilines is 1. The number of hydrogen-bond acceptors (Lipinski definition) is 6. The topological polar surface area (TPSA) is 137 Å². The van der Waals surface area contributed by atoms with Crippen LogP contribution in [0.2, 0.25) is 0 Å². The number of nitrogens with zero attached hydrogens (tertiary/aromatic N) is 2. The predicted octanol–water partition coefficient (Wildman–Crippen LogP) is 2.53. The Balaban J connectivity index is 1.88. The molecule has 0 spiro atoms. The van der Waals surface area contributed by atoms with E-state index in [0.29, 0.717) is 0 Å². The summed E-state index contributed by atoms with van der Waals surface area (Å²) in [6, 6.07) is 12.0. The molecule has 0 bridgehead atoms. The number of aromatic nitrogens is 1. The molecule has 3 N–H and O–H groups in total. The van der Waals surface area contributed by atoms with E-state index in [1.807, 2.05) is 30.3 Å². The van der Waals surface area contributed by atoms with Crippen LogP contribution in [0.1, 0.15) is 15.9 Å². The largest absolute Gasteiger partial charge is 0.366 e. The van der Waals surface area contributed by atoms with Crippen LogP contribution in [0.5, 0.6) is 0 Å². The maximum atomic E-state index is 12.5.